The molecule has 5 aromatic rings. The summed E-state index contributed by atoms with van der Waals surface area (Å²) < 4.78 is 5.44. The van der Waals surface area contributed by atoms with E-state index in [2.05, 4.69) is 20.9 Å². The second-order valence-corrected chi connectivity index (χ2v) is 10.9. The van der Waals surface area contributed by atoms with E-state index >= 15 is 0 Å². The van der Waals surface area contributed by atoms with Crippen molar-refractivity contribution in [1.29, 1.82) is 0 Å². The Kier molecular flexibility index (Phi) is 10.4. The quantitative estimate of drug-likeness (QED) is 0.110. The van der Waals surface area contributed by atoms with E-state index in [0.29, 0.717) is 28.3 Å². The highest BCUT2D eigenvalue weighted by atomic mass is 32.2. The number of methoxy groups -OCH3 is 1. The zero-order valence-electron chi connectivity index (χ0n) is 24.3. The van der Waals surface area contributed by atoms with Gasteiger partial charge < -0.3 is 20.7 Å². The van der Waals surface area contributed by atoms with E-state index in [1.54, 1.807) is 86.2 Å². The number of hydrogen-bond acceptors (Lipinski definition) is 6. The van der Waals surface area contributed by atoms with Gasteiger partial charge in [-0.1, -0.05) is 66.7 Å². The van der Waals surface area contributed by atoms with Crippen molar-refractivity contribution in [2.45, 2.75) is 10.1 Å². The van der Waals surface area contributed by atoms with Gasteiger partial charge >= 0.3 is 0 Å². The van der Waals surface area contributed by atoms with Crippen molar-refractivity contribution in [2.24, 2.45) is 0 Å². The fraction of sp³-hybridized carbons (Fsp3) is 0.0556. The van der Waals surface area contributed by atoms with Crippen LogP contribution in [-0.4, -0.2) is 29.8 Å². The van der Waals surface area contributed by atoms with Crippen molar-refractivity contribution < 1.29 is 19.1 Å². The lowest BCUT2D eigenvalue weighted by molar-refractivity contribution is -0.116. The van der Waals surface area contributed by atoms with Crippen LogP contribution in [0.2, 0.25) is 0 Å². The maximum atomic E-state index is 13.5. The number of nitrogens with zero attached hydrogens (tertiary/aromatic N) is 1. The van der Waals surface area contributed by atoms with Gasteiger partial charge in [-0.15, -0.1) is 11.8 Å². The summed E-state index contributed by atoms with van der Waals surface area (Å²) in [5, 5.41) is 8.05. The van der Waals surface area contributed by atoms with E-state index in [1.165, 1.54) is 11.8 Å². The zero-order chi connectivity index (χ0) is 31.4. The van der Waals surface area contributed by atoms with E-state index in [-0.39, 0.29) is 11.6 Å². The Morgan fingerprint density at radius 3 is 2.04 bits per heavy atom. The number of aromatic nitrogens is 1. The number of amides is 3. The van der Waals surface area contributed by atoms with Crippen LogP contribution in [-0.2, 0) is 9.59 Å². The summed E-state index contributed by atoms with van der Waals surface area (Å²) in [6.07, 6.45) is 4.82. The minimum atomic E-state index is -0.525. The van der Waals surface area contributed by atoms with Gasteiger partial charge in [-0.05, 0) is 66.2 Å². The Bertz CT molecular complexity index is 1780. The third-order valence-electron chi connectivity index (χ3n) is 6.62. The number of benzene rings is 4. The molecular formula is C36H30N4O4S. The lowest BCUT2D eigenvalue weighted by Gasteiger charge is -2.17. The van der Waals surface area contributed by atoms with Crippen LogP contribution in [0.15, 0.2) is 144 Å². The standard InChI is InChI=1S/C36H30N4O4S/c1-44-32-15-9-8-14-27(32)24-31(40-34(41)26-12-6-3-7-13-26)35(42)38-28-16-18-30(19-17-28)45-33(25-10-4-2-5-11-25)36(43)39-29-20-22-37-23-21-29/h2-24,33H,1H3,(H,38,42)(H,40,41)(H,37,39,43)/b31-24-. The molecule has 1 aromatic heterocycles. The number of hydrogen-bond donors (Lipinski definition) is 3. The molecule has 3 amide bonds. The first kappa shape index (κ1) is 30.8. The van der Waals surface area contributed by atoms with Crippen LogP contribution in [0.3, 0.4) is 0 Å². The maximum absolute atomic E-state index is 13.5. The van der Waals surface area contributed by atoms with Crippen LogP contribution < -0.4 is 20.7 Å². The molecular weight excluding hydrogens is 584 g/mol. The smallest absolute Gasteiger partial charge is 0.272 e. The number of rotatable bonds is 11. The molecule has 5 rings (SSSR count). The van der Waals surface area contributed by atoms with E-state index in [4.69, 9.17) is 4.74 Å². The number of ether oxygens (including phenoxy) is 1. The van der Waals surface area contributed by atoms with E-state index < -0.39 is 17.1 Å². The number of carbonyl (C=O) groups excluding carboxylic acids is 3. The van der Waals surface area contributed by atoms with Crippen LogP contribution in [0, 0.1) is 0 Å². The molecule has 3 N–H and O–H groups in total. The monoisotopic (exact) mass is 614 g/mol. The first-order valence-electron chi connectivity index (χ1n) is 14.0. The molecule has 0 aliphatic heterocycles. The van der Waals surface area contributed by atoms with Crippen molar-refractivity contribution in [1.82, 2.24) is 10.3 Å². The number of nitrogens with one attached hydrogen (secondary N) is 3. The topological polar surface area (TPSA) is 109 Å². The summed E-state index contributed by atoms with van der Waals surface area (Å²) in [6, 6.07) is 36.0. The highest BCUT2D eigenvalue weighted by Gasteiger charge is 2.22. The van der Waals surface area contributed by atoms with Gasteiger partial charge in [0.25, 0.3) is 11.8 Å². The molecule has 0 radical (unpaired) electrons. The minimum Gasteiger partial charge on any atom is -0.496 e. The summed E-state index contributed by atoms with van der Waals surface area (Å²) in [5.74, 6) is -0.547. The summed E-state index contributed by atoms with van der Waals surface area (Å²) >= 11 is 1.39. The molecule has 8 nitrogen and oxygen atoms in total. The number of carbonyl (C=O) groups is 3. The van der Waals surface area contributed by atoms with Gasteiger partial charge in [0.1, 0.15) is 16.7 Å². The van der Waals surface area contributed by atoms with Crippen LogP contribution in [0.25, 0.3) is 6.08 Å². The average Bonchev–Trinajstić information content (AvgIpc) is 3.09. The molecule has 0 spiro atoms. The normalized spacial score (nSPS) is 11.6. The van der Waals surface area contributed by atoms with Gasteiger partial charge in [0, 0.05) is 39.8 Å². The molecule has 45 heavy (non-hydrogen) atoms. The fourth-order valence-electron chi connectivity index (χ4n) is 4.38. The summed E-state index contributed by atoms with van der Waals surface area (Å²) in [6.45, 7) is 0. The predicted molar refractivity (Wildman–Crippen MR) is 178 cm³/mol. The molecule has 1 atom stereocenters. The third-order valence-corrected chi connectivity index (χ3v) is 7.89. The molecule has 224 valence electrons. The van der Waals surface area contributed by atoms with Crippen LogP contribution >= 0.6 is 11.8 Å². The Morgan fingerprint density at radius 2 is 1.36 bits per heavy atom. The van der Waals surface area contributed by atoms with Crippen LogP contribution in [0.1, 0.15) is 26.7 Å². The summed E-state index contributed by atoms with van der Waals surface area (Å²) in [7, 11) is 1.54. The van der Waals surface area contributed by atoms with Crippen molar-refractivity contribution in [3.63, 3.8) is 0 Å². The molecule has 0 saturated carbocycles. The molecule has 4 aromatic carbocycles. The molecule has 0 aliphatic carbocycles. The number of pyridine rings is 1. The van der Waals surface area contributed by atoms with E-state index in [0.717, 1.165) is 10.5 Å². The largest absolute Gasteiger partial charge is 0.496 e. The van der Waals surface area contributed by atoms with Crippen LogP contribution in [0.5, 0.6) is 5.75 Å². The van der Waals surface area contributed by atoms with Crippen LogP contribution in [0.4, 0.5) is 11.4 Å². The third kappa shape index (κ3) is 8.46. The van der Waals surface area contributed by atoms with Gasteiger partial charge in [0.2, 0.25) is 5.91 Å². The van der Waals surface area contributed by atoms with Gasteiger partial charge in [0.05, 0.1) is 7.11 Å². The molecule has 9 heteroatoms. The van der Waals surface area contributed by atoms with Gasteiger partial charge in [-0.25, -0.2) is 0 Å². The number of anilines is 2. The Labute approximate surface area is 265 Å². The number of para-hydroxylation sites is 1. The Hall–Kier alpha value is -5.67. The first-order chi connectivity index (χ1) is 22.0. The molecule has 0 saturated heterocycles. The molecule has 0 fully saturated rings. The Balaban J connectivity index is 1.34. The lowest BCUT2D eigenvalue weighted by Crippen LogP contribution is -2.30. The highest BCUT2D eigenvalue weighted by molar-refractivity contribution is 8.00. The first-order valence-corrected chi connectivity index (χ1v) is 14.9. The lowest BCUT2D eigenvalue weighted by atomic mass is 10.1. The number of thioether (sulfide) groups is 1. The summed E-state index contributed by atoms with van der Waals surface area (Å²) in [5.41, 5.74) is 3.11. The molecule has 1 unspecified atom stereocenters. The average molecular weight is 615 g/mol. The minimum absolute atomic E-state index is 0.0451. The SMILES string of the molecule is COc1ccccc1/C=C(\NC(=O)c1ccccc1)C(=O)Nc1ccc(SC(C(=O)Nc2ccncc2)c2ccccc2)cc1. The molecule has 0 bridgehead atoms. The van der Waals surface area contributed by atoms with Gasteiger partial charge in [-0.3, -0.25) is 19.4 Å². The second-order valence-electron chi connectivity index (χ2n) is 9.73. The summed E-state index contributed by atoms with van der Waals surface area (Å²) in [4.78, 5) is 44.6. The van der Waals surface area contributed by atoms with E-state index in [9.17, 15) is 14.4 Å². The Morgan fingerprint density at radius 1 is 0.733 bits per heavy atom. The van der Waals surface area contributed by atoms with Gasteiger partial charge in [0.15, 0.2) is 0 Å². The highest BCUT2D eigenvalue weighted by Crippen LogP contribution is 2.36. The van der Waals surface area contributed by atoms with Crippen molar-refractivity contribution in [3.05, 3.63) is 156 Å². The zero-order valence-corrected chi connectivity index (χ0v) is 25.2. The predicted octanol–water partition coefficient (Wildman–Crippen LogP) is 6.97. The van der Waals surface area contributed by atoms with Crippen molar-refractivity contribution in [3.8, 4) is 5.75 Å². The maximum Gasteiger partial charge on any atom is 0.272 e. The van der Waals surface area contributed by atoms with Gasteiger partial charge in [-0.2, -0.15) is 0 Å². The molecule has 1 heterocycles. The van der Waals surface area contributed by atoms with E-state index in [1.807, 2.05) is 60.7 Å². The van der Waals surface area contributed by atoms with Crippen molar-refractivity contribution >= 4 is 46.9 Å². The second kappa shape index (κ2) is 15.2. The fourth-order valence-corrected chi connectivity index (χ4v) is 5.40. The van der Waals surface area contributed by atoms with Crippen molar-refractivity contribution in [2.75, 3.05) is 17.7 Å². The molecule has 0 aliphatic rings.